The first-order chi connectivity index (χ1) is 5.11. The first-order valence-corrected chi connectivity index (χ1v) is 3.60. The monoisotopic (exact) mass is 152 g/mol. The van der Waals surface area contributed by atoms with E-state index in [1.54, 1.807) is 0 Å². The topological polar surface area (TPSA) is 38.9 Å². The van der Waals surface area contributed by atoms with Crippen LogP contribution in [0.3, 0.4) is 0 Å². The van der Waals surface area contributed by atoms with E-state index in [9.17, 15) is 0 Å². The Hall–Kier alpha value is -1.12. The van der Waals surface area contributed by atoms with E-state index in [0.717, 1.165) is 5.57 Å². The molecule has 0 unspecified atom stereocenters. The van der Waals surface area contributed by atoms with E-state index in [-0.39, 0.29) is 5.92 Å². The van der Waals surface area contributed by atoms with Gasteiger partial charge in [0.15, 0.2) is 0 Å². The Morgan fingerprint density at radius 2 is 2.09 bits per heavy atom. The number of allylic oxidation sites excluding steroid dienone is 1. The predicted molar refractivity (Wildman–Crippen MR) is 43.1 cm³/mol. The molecule has 0 saturated heterocycles. The van der Waals surface area contributed by atoms with Gasteiger partial charge in [-0.15, -0.1) is 10.2 Å². The normalized spacial score (nSPS) is 10.5. The molecule has 0 fully saturated rings. The zero-order chi connectivity index (χ0) is 8.43. The van der Waals surface area contributed by atoms with Crippen molar-refractivity contribution in [2.75, 3.05) is 0 Å². The lowest BCUT2D eigenvalue weighted by atomic mass is 10.2. The zero-order valence-electron chi connectivity index (χ0n) is 7.09. The van der Waals surface area contributed by atoms with E-state index >= 15 is 0 Å². The Morgan fingerprint density at radius 3 is 2.36 bits per heavy atom. The molecule has 0 aliphatic rings. The van der Waals surface area contributed by atoms with Gasteiger partial charge in [-0.2, -0.15) is 0 Å². The maximum absolute atomic E-state index is 5.28. The molecule has 60 valence electrons. The lowest BCUT2D eigenvalue weighted by molar-refractivity contribution is 0.460. The van der Waals surface area contributed by atoms with Crippen LogP contribution in [0.15, 0.2) is 11.0 Å². The summed E-state index contributed by atoms with van der Waals surface area (Å²) in [5, 5.41) is 7.68. The molecule has 0 aliphatic heterocycles. The van der Waals surface area contributed by atoms with E-state index in [1.165, 1.54) is 0 Å². The van der Waals surface area contributed by atoms with Crippen LogP contribution in [0.1, 0.15) is 38.5 Å². The van der Waals surface area contributed by atoms with Crippen molar-refractivity contribution < 1.29 is 4.42 Å². The fraction of sp³-hybridized carbons (Fsp3) is 0.500. The lowest BCUT2D eigenvalue weighted by Gasteiger charge is -1.93. The van der Waals surface area contributed by atoms with Gasteiger partial charge in [0.2, 0.25) is 11.8 Å². The first kappa shape index (κ1) is 7.98. The second kappa shape index (κ2) is 2.86. The van der Waals surface area contributed by atoms with Gasteiger partial charge >= 0.3 is 0 Å². The Morgan fingerprint density at radius 1 is 1.45 bits per heavy atom. The van der Waals surface area contributed by atoms with E-state index in [2.05, 4.69) is 16.8 Å². The molecule has 0 spiro atoms. The maximum atomic E-state index is 5.28. The molecule has 1 heterocycles. The van der Waals surface area contributed by atoms with Crippen LogP contribution in [0.25, 0.3) is 5.57 Å². The Labute approximate surface area is 66.1 Å². The number of nitrogens with zero attached hydrogens (tertiary/aromatic N) is 2. The summed E-state index contributed by atoms with van der Waals surface area (Å²) in [7, 11) is 0. The molecule has 0 atom stereocenters. The third-order valence-corrected chi connectivity index (χ3v) is 1.30. The summed E-state index contributed by atoms with van der Waals surface area (Å²) in [5.74, 6) is 1.49. The fourth-order valence-electron chi connectivity index (χ4n) is 0.640. The molecule has 0 bridgehead atoms. The molecule has 0 radical (unpaired) electrons. The molecule has 0 N–H and O–H groups in total. The highest BCUT2D eigenvalue weighted by atomic mass is 16.4. The quantitative estimate of drug-likeness (QED) is 0.652. The van der Waals surface area contributed by atoms with E-state index in [1.807, 2.05) is 20.8 Å². The summed E-state index contributed by atoms with van der Waals surface area (Å²) >= 11 is 0. The molecule has 3 heteroatoms. The highest BCUT2D eigenvalue weighted by molar-refractivity contribution is 5.51. The van der Waals surface area contributed by atoms with Crippen LogP contribution in [0, 0.1) is 0 Å². The standard InChI is InChI=1S/C8H12N2O/c1-5(2)7-9-10-8(11-7)6(3)4/h6H,1H2,2-4H3. The second-order valence-corrected chi connectivity index (χ2v) is 2.88. The predicted octanol–water partition coefficient (Wildman–Crippen LogP) is 2.23. The number of aromatic nitrogens is 2. The van der Waals surface area contributed by atoms with Crippen molar-refractivity contribution >= 4 is 5.57 Å². The fourth-order valence-corrected chi connectivity index (χ4v) is 0.640. The van der Waals surface area contributed by atoms with Gasteiger partial charge in [0.1, 0.15) is 0 Å². The molecule has 1 aromatic rings. The van der Waals surface area contributed by atoms with Gasteiger partial charge in [-0.1, -0.05) is 20.4 Å². The van der Waals surface area contributed by atoms with E-state index < -0.39 is 0 Å². The summed E-state index contributed by atoms with van der Waals surface area (Å²) < 4.78 is 5.28. The summed E-state index contributed by atoms with van der Waals surface area (Å²) in [6.07, 6.45) is 0. The maximum Gasteiger partial charge on any atom is 0.242 e. The van der Waals surface area contributed by atoms with Crippen molar-refractivity contribution in [3.8, 4) is 0 Å². The first-order valence-electron chi connectivity index (χ1n) is 3.60. The van der Waals surface area contributed by atoms with E-state index in [0.29, 0.717) is 11.8 Å². The van der Waals surface area contributed by atoms with Gasteiger partial charge in [-0.3, -0.25) is 0 Å². The highest BCUT2D eigenvalue weighted by Crippen LogP contribution is 2.15. The molecule has 0 aliphatic carbocycles. The van der Waals surface area contributed by atoms with Crippen molar-refractivity contribution in [1.29, 1.82) is 0 Å². The van der Waals surface area contributed by atoms with Gasteiger partial charge in [-0.05, 0) is 6.92 Å². The minimum Gasteiger partial charge on any atom is -0.421 e. The minimum atomic E-state index is 0.288. The molecule has 0 saturated carbocycles. The highest BCUT2D eigenvalue weighted by Gasteiger charge is 2.08. The van der Waals surface area contributed by atoms with Crippen LogP contribution in [0.4, 0.5) is 0 Å². The zero-order valence-corrected chi connectivity index (χ0v) is 7.09. The lowest BCUT2D eigenvalue weighted by Crippen LogP contribution is -1.85. The Kier molecular flexibility index (Phi) is 2.08. The van der Waals surface area contributed by atoms with Crippen molar-refractivity contribution in [3.05, 3.63) is 18.4 Å². The third-order valence-electron chi connectivity index (χ3n) is 1.30. The Balaban J connectivity index is 2.90. The van der Waals surface area contributed by atoms with Crippen LogP contribution in [-0.4, -0.2) is 10.2 Å². The molecule has 1 aromatic heterocycles. The number of rotatable bonds is 2. The molecular formula is C8H12N2O. The summed E-state index contributed by atoms with van der Waals surface area (Å²) in [6, 6.07) is 0. The second-order valence-electron chi connectivity index (χ2n) is 2.88. The van der Waals surface area contributed by atoms with Gasteiger partial charge < -0.3 is 4.42 Å². The van der Waals surface area contributed by atoms with Crippen molar-refractivity contribution in [1.82, 2.24) is 10.2 Å². The third kappa shape index (κ3) is 1.67. The SMILES string of the molecule is C=C(C)c1nnc(C(C)C)o1. The van der Waals surface area contributed by atoms with Crippen LogP contribution in [0.2, 0.25) is 0 Å². The van der Waals surface area contributed by atoms with Crippen LogP contribution < -0.4 is 0 Å². The van der Waals surface area contributed by atoms with Crippen LogP contribution in [-0.2, 0) is 0 Å². The van der Waals surface area contributed by atoms with Crippen molar-refractivity contribution in [3.63, 3.8) is 0 Å². The van der Waals surface area contributed by atoms with Gasteiger partial charge in [0, 0.05) is 11.5 Å². The van der Waals surface area contributed by atoms with Gasteiger partial charge in [-0.25, -0.2) is 0 Å². The van der Waals surface area contributed by atoms with Crippen LogP contribution in [0.5, 0.6) is 0 Å². The minimum absolute atomic E-state index is 0.288. The largest absolute Gasteiger partial charge is 0.421 e. The summed E-state index contributed by atoms with van der Waals surface area (Å²) in [6.45, 7) is 9.57. The molecule has 3 nitrogen and oxygen atoms in total. The molecule has 11 heavy (non-hydrogen) atoms. The van der Waals surface area contributed by atoms with E-state index in [4.69, 9.17) is 4.42 Å². The molecule has 0 amide bonds. The molecule has 1 rings (SSSR count). The number of hydrogen-bond acceptors (Lipinski definition) is 3. The average Bonchev–Trinajstić information content (AvgIpc) is 2.33. The van der Waals surface area contributed by atoms with Crippen LogP contribution >= 0.6 is 0 Å². The van der Waals surface area contributed by atoms with Crippen molar-refractivity contribution in [2.45, 2.75) is 26.7 Å². The van der Waals surface area contributed by atoms with Crippen molar-refractivity contribution in [2.24, 2.45) is 0 Å². The number of hydrogen-bond donors (Lipinski definition) is 0. The van der Waals surface area contributed by atoms with Gasteiger partial charge in [0.05, 0.1) is 0 Å². The summed E-state index contributed by atoms with van der Waals surface area (Å²) in [5.41, 5.74) is 0.810. The molecule has 0 aromatic carbocycles. The molecular weight excluding hydrogens is 140 g/mol. The summed E-state index contributed by atoms with van der Waals surface area (Å²) in [4.78, 5) is 0. The smallest absolute Gasteiger partial charge is 0.242 e. The van der Waals surface area contributed by atoms with Gasteiger partial charge in [0.25, 0.3) is 0 Å². The average molecular weight is 152 g/mol. The Bertz CT molecular complexity index is 263.